The minimum Gasteiger partial charge on any atom is -0.439 e. The van der Waals surface area contributed by atoms with Crippen molar-refractivity contribution in [2.75, 3.05) is 0 Å². The molecule has 150 valence electrons. The van der Waals surface area contributed by atoms with E-state index in [9.17, 15) is 25.0 Å². The Kier molecular flexibility index (Phi) is 6.03. The molecule has 0 spiro atoms. The molecule has 1 aromatic heterocycles. The number of carbonyl (C=O) groups excluding carboxylic acids is 1. The van der Waals surface area contributed by atoms with E-state index in [1.54, 1.807) is 24.3 Å². The molecular formula is C19H13N5O6. The third-order valence-electron chi connectivity index (χ3n) is 3.75. The van der Waals surface area contributed by atoms with Crippen molar-refractivity contribution < 1.29 is 19.4 Å². The fraction of sp³-hybridized carbons (Fsp3) is 0. The van der Waals surface area contributed by atoms with Gasteiger partial charge in [-0.15, -0.1) is 0 Å². The van der Waals surface area contributed by atoms with Crippen LogP contribution in [0.25, 0.3) is 0 Å². The van der Waals surface area contributed by atoms with Gasteiger partial charge in [-0.25, -0.2) is 10.4 Å². The Morgan fingerprint density at radius 1 is 0.933 bits per heavy atom. The Morgan fingerprint density at radius 2 is 1.57 bits per heavy atom. The number of non-ortho nitro benzene ring substituents is 1. The van der Waals surface area contributed by atoms with Crippen molar-refractivity contribution in [3.05, 3.63) is 98.2 Å². The molecule has 0 atom stereocenters. The molecule has 0 aliphatic rings. The second-order valence-electron chi connectivity index (χ2n) is 5.79. The lowest BCUT2D eigenvalue weighted by molar-refractivity contribution is -0.385. The van der Waals surface area contributed by atoms with Crippen LogP contribution in [0, 0.1) is 20.2 Å². The van der Waals surface area contributed by atoms with Gasteiger partial charge in [-0.2, -0.15) is 5.10 Å². The van der Waals surface area contributed by atoms with E-state index in [-0.39, 0.29) is 22.8 Å². The lowest BCUT2D eigenvalue weighted by Crippen LogP contribution is -2.17. The van der Waals surface area contributed by atoms with Gasteiger partial charge in [0.1, 0.15) is 11.9 Å². The first-order chi connectivity index (χ1) is 14.4. The number of benzene rings is 2. The summed E-state index contributed by atoms with van der Waals surface area (Å²) in [5, 5.41) is 25.1. The summed E-state index contributed by atoms with van der Waals surface area (Å²) in [6.07, 6.45) is 2.52. The highest BCUT2D eigenvalue weighted by Gasteiger charge is 2.09. The highest BCUT2D eigenvalue weighted by atomic mass is 16.6. The smallest absolute Gasteiger partial charge is 0.287 e. The van der Waals surface area contributed by atoms with Gasteiger partial charge in [-0.3, -0.25) is 25.0 Å². The van der Waals surface area contributed by atoms with Crippen molar-refractivity contribution in [3.63, 3.8) is 0 Å². The maximum absolute atomic E-state index is 12.0. The molecule has 0 saturated heterocycles. The maximum Gasteiger partial charge on any atom is 0.287 e. The van der Waals surface area contributed by atoms with Crippen molar-refractivity contribution >= 4 is 23.5 Å². The zero-order valence-corrected chi connectivity index (χ0v) is 15.2. The van der Waals surface area contributed by atoms with E-state index >= 15 is 0 Å². The lowest BCUT2D eigenvalue weighted by atomic mass is 10.2. The van der Waals surface area contributed by atoms with E-state index in [4.69, 9.17) is 4.74 Å². The molecule has 0 radical (unpaired) electrons. The van der Waals surface area contributed by atoms with Crippen LogP contribution in [-0.2, 0) is 0 Å². The van der Waals surface area contributed by atoms with E-state index in [1.807, 2.05) is 0 Å². The number of nitro benzene ring substituents is 1. The summed E-state index contributed by atoms with van der Waals surface area (Å²) in [5.41, 5.74) is 2.99. The number of nitrogens with zero attached hydrogens (tertiary/aromatic N) is 4. The maximum atomic E-state index is 12.0. The van der Waals surface area contributed by atoms with Gasteiger partial charge in [0.25, 0.3) is 17.3 Å². The van der Waals surface area contributed by atoms with Crippen molar-refractivity contribution in [1.82, 2.24) is 10.4 Å². The number of nitrogens with one attached hydrogen (secondary N) is 1. The molecule has 11 nitrogen and oxygen atoms in total. The third-order valence-corrected chi connectivity index (χ3v) is 3.75. The van der Waals surface area contributed by atoms with Crippen molar-refractivity contribution in [2.24, 2.45) is 5.10 Å². The molecule has 3 rings (SSSR count). The minimum absolute atomic E-state index is 0.110. The normalized spacial score (nSPS) is 10.5. The molecule has 1 amide bonds. The summed E-state index contributed by atoms with van der Waals surface area (Å²) in [7, 11) is 0. The van der Waals surface area contributed by atoms with Gasteiger partial charge in [0, 0.05) is 29.8 Å². The van der Waals surface area contributed by atoms with Crippen LogP contribution in [0.3, 0.4) is 0 Å². The fourth-order valence-corrected chi connectivity index (χ4v) is 2.25. The first kappa shape index (κ1) is 20.1. The first-order valence-electron chi connectivity index (χ1n) is 8.38. The summed E-state index contributed by atoms with van der Waals surface area (Å²) >= 11 is 0. The standard InChI is InChI=1S/C19H13N5O6/c25-19(14-3-5-15(6-4-14)23(26)27)22-21-11-13-1-8-17(9-2-13)30-18-10-7-16(12-20-18)24(28)29/h1-12H,(H,22,25)/b21-11-. The third kappa shape index (κ3) is 5.19. The Morgan fingerprint density at radius 3 is 2.13 bits per heavy atom. The van der Waals surface area contributed by atoms with Gasteiger partial charge in [-0.1, -0.05) is 0 Å². The van der Waals surface area contributed by atoms with E-state index in [0.717, 1.165) is 6.20 Å². The topological polar surface area (TPSA) is 150 Å². The minimum atomic E-state index is -0.551. The Hall–Kier alpha value is -4.67. The molecule has 0 aliphatic heterocycles. The van der Waals surface area contributed by atoms with Crippen LogP contribution in [0.5, 0.6) is 11.6 Å². The van der Waals surface area contributed by atoms with Crippen LogP contribution >= 0.6 is 0 Å². The van der Waals surface area contributed by atoms with Gasteiger partial charge >= 0.3 is 0 Å². The predicted molar refractivity (Wildman–Crippen MR) is 106 cm³/mol. The van der Waals surface area contributed by atoms with E-state index in [2.05, 4.69) is 15.5 Å². The molecule has 0 saturated carbocycles. The molecule has 2 aromatic carbocycles. The van der Waals surface area contributed by atoms with Crippen molar-refractivity contribution in [1.29, 1.82) is 0 Å². The molecule has 0 fully saturated rings. The lowest BCUT2D eigenvalue weighted by Gasteiger charge is -2.04. The molecular weight excluding hydrogens is 394 g/mol. The summed E-state index contributed by atoms with van der Waals surface area (Å²) in [4.78, 5) is 36.0. The van der Waals surface area contributed by atoms with Gasteiger partial charge in [-0.05, 0) is 42.0 Å². The van der Waals surface area contributed by atoms with E-state index < -0.39 is 15.8 Å². The molecule has 1 N–H and O–H groups in total. The number of pyridine rings is 1. The van der Waals surface area contributed by atoms with Gasteiger partial charge in [0.05, 0.1) is 16.1 Å². The number of hydrogen-bond donors (Lipinski definition) is 1. The number of ether oxygens (including phenoxy) is 1. The Labute approximate surface area is 168 Å². The Bertz CT molecular complexity index is 1100. The monoisotopic (exact) mass is 407 g/mol. The second-order valence-corrected chi connectivity index (χ2v) is 5.79. The summed E-state index contributed by atoms with van der Waals surface area (Å²) in [5.74, 6) is 0.158. The van der Waals surface area contributed by atoms with Crippen molar-refractivity contribution in [3.8, 4) is 11.6 Å². The van der Waals surface area contributed by atoms with Gasteiger partial charge in [0.2, 0.25) is 5.88 Å². The largest absolute Gasteiger partial charge is 0.439 e. The van der Waals surface area contributed by atoms with Gasteiger partial charge in [0.15, 0.2) is 0 Å². The molecule has 1 heterocycles. The average Bonchev–Trinajstić information content (AvgIpc) is 2.75. The number of hydrogen-bond acceptors (Lipinski definition) is 8. The molecule has 11 heteroatoms. The zero-order valence-electron chi connectivity index (χ0n) is 15.2. The van der Waals surface area contributed by atoms with Crippen LogP contribution in [0.4, 0.5) is 11.4 Å². The summed E-state index contributed by atoms with van der Waals surface area (Å²) < 4.78 is 5.50. The molecule has 0 unspecified atom stereocenters. The molecule has 3 aromatic rings. The number of hydrazone groups is 1. The summed E-state index contributed by atoms with van der Waals surface area (Å²) in [6, 6.07) is 14.5. The summed E-state index contributed by atoms with van der Waals surface area (Å²) in [6.45, 7) is 0. The quantitative estimate of drug-likeness (QED) is 0.358. The number of rotatable bonds is 7. The highest BCUT2D eigenvalue weighted by molar-refractivity contribution is 5.95. The average molecular weight is 407 g/mol. The van der Waals surface area contributed by atoms with E-state index in [1.165, 1.54) is 42.6 Å². The number of amides is 1. The molecule has 0 aliphatic carbocycles. The SMILES string of the molecule is O=C(N/N=C\c1ccc(Oc2ccc([N+](=O)[O-])cn2)cc1)c1ccc([N+](=O)[O-])cc1. The van der Waals surface area contributed by atoms with Crippen LogP contribution in [0.2, 0.25) is 0 Å². The number of carbonyl (C=O) groups is 1. The fourth-order valence-electron chi connectivity index (χ4n) is 2.25. The molecule has 0 bridgehead atoms. The van der Waals surface area contributed by atoms with Crippen LogP contribution in [-0.4, -0.2) is 27.0 Å². The second kappa shape index (κ2) is 9.01. The zero-order chi connectivity index (χ0) is 21.5. The Balaban J connectivity index is 1.55. The number of aromatic nitrogens is 1. The van der Waals surface area contributed by atoms with E-state index in [0.29, 0.717) is 11.3 Å². The molecule has 30 heavy (non-hydrogen) atoms. The highest BCUT2D eigenvalue weighted by Crippen LogP contribution is 2.21. The van der Waals surface area contributed by atoms with Crippen LogP contribution in [0.15, 0.2) is 72.0 Å². The van der Waals surface area contributed by atoms with Crippen LogP contribution in [0.1, 0.15) is 15.9 Å². The number of nitro groups is 2. The van der Waals surface area contributed by atoms with Crippen LogP contribution < -0.4 is 10.2 Å². The van der Waals surface area contributed by atoms with Gasteiger partial charge < -0.3 is 4.74 Å². The predicted octanol–water partition coefficient (Wildman–Crippen LogP) is 3.45. The van der Waals surface area contributed by atoms with Crippen molar-refractivity contribution in [2.45, 2.75) is 0 Å². The first-order valence-corrected chi connectivity index (χ1v) is 8.38.